The average molecular weight is 478 g/mol. The average Bonchev–Trinajstić information content (AvgIpc) is 2.85. The van der Waals surface area contributed by atoms with Gasteiger partial charge in [0.05, 0.1) is 33.7 Å². The van der Waals surface area contributed by atoms with Crippen LogP contribution in [0.25, 0.3) is 0 Å². The van der Waals surface area contributed by atoms with E-state index in [9.17, 15) is 13.2 Å². The van der Waals surface area contributed by atoms with Gasteiger partial charge in [0.25, 0.3) is 0 Å². The number of fused-ring (bicyclic) bond motifs is 1. The number of nitrogens with zero attached hydrogens (tertiary/aromatic N) is 1. The van der Waals surface area contributed by atoms with Gasteiger partial charge in [0.1, 0.15) is 5.75 Å². The number of carbonyl (C=O) groups is 1. The number of halogens is 1. The fourth-order valence-corrected chi connectivity index (χ4v) is 6.50. The molecule has 0 bridgehead atoms. The molecule has 1 atom stereocenters. The van der Waals surface area contributed by atoms with Crippen molar-refractivity contribution < 1.29 is 23.1 Å². The van der Waals surface area contributed by atoms with Gasteiger partial charge in [0.2, 0.25) is 0 Å². The third-order valence-corrected chi connectivity index (χ3v) is 8.20. The van der Waals surface area contributed by atoms with Gasteiger partial charge in [0.15, 0.2) is 9.84 Å². The summed E-state index contributed by atoms with van der Waals surface area (Å²) in [5.74, 6) is -1.06. The highest BCUT2D eigenvalue weighted by molar-refractivity contribution is 7.91. The third-order valence-electron chi connectivity index (χ3n) is 5.91. The first-order valence-corrected chi connectivity index (χ1v) is 12.7. The molecule has 1 aliphatic heterocycles. The molecule has 8 heteroatoms. The molecule has 1 N–H and O–H groups in total. The van der Waals surface area contributed by atoms with Crippen molar-refractivity contribution in [1.82, 2.24) is 0 Å². The van der Waals surface area contributed by atoms with Crippen LogP contribution in [0.4, 0.5) is 11.4 Å². The molecule has 2 aromatic rings. The van der Waals surface area contributed by atoms with Crippen LogP contribution < -0.4 is 9.64 Å². The van der Waals surface area contributed by atoms with Gasteiger partial charge in [0, 0.05) is 23.7 Å². The predicted octanol–water partition coefficient (Wildman–Crippen LogP) is 5.83. The largest absolute Gasteiger partial charge is 0.478 e. The number of anilines is 2. The van der Waals surface area contributed by atoms with Crippen LogP contribution >= 0.6 is 11.6 Å². The molecule has 0 unspecified atom stereocenters. The topological polar surface area (TPSA) is 83.9 Å². The summed E-state index contributed by atoms with van der Waals surface area (Å²) >= 11 is 6.44. The number of hydrogen-bond donors (Lipinski definition) is 1. The van der Waals surface area contributed by atoms with Crippen LogP contribution in [0.2, 0.25) is 5.02 Å². The molecule has 0 saturated carbocycles. The lowest BCUT2D eigenvalue weighted by Crippen LogP contribution is -2.37. The molecule has 2 aromatic carbocycles. The van der Waals surface area contributed by atoms with Gasteiger partial charge in [-0.25, -0.2) is 13.2 Å². The van der Waals surface area contributed by atoms with Gasteiger partial charge in [-0.3, -0.25) is 0 Å². The molecule has 0 aliphatic carbocycles. The molecule has 172 valence electrons. The zero-order valence-electron chi connectivity index (χ0n) is 18.3. The monoisotopic (exact) mass is 477 g/mol. The van der Waals surface area contributed by atoms with E-state index in [1.807, 2.05) is 42.2 Å². The molecule has 0 fully saturated rings. The second-order valence-corrected chi connectivity index (χ2v) is 10.5. The molecule has 1 heterocycles. The molecule has 0 amide bonds. The smallest absolute Gasteiger partial charge is 0.331 e. The van der Waals surface area contributed by atoms with Crippen molar-refractivity contribution in [1.29, 1.82) is 0 Å². The Morgan fingerprint density at radius 3 is 2.59 bits per heavy atom. The van der Waals surface area contributed by atoms with E-state index in [0.29, 0.717) is 12.2 Å². The summed E-state index contributed by atoms with van der Waals surface area (Å²) < 4.78 is 32.6. The van der Waals surface area contributed by atoms with Crippen molar-refractivity contribution in [2.45, 2.75) is 44.4 Å². The molecule has 1 aliphatic rings. The summed E-state index contributed by atoms with van der Waals surface area (Å²) in [6.07, 6.45) is 5.25. The Balaban J connectivity index is 2.19. The van der Waals surface area contributed by atoms with E-state index in [0.717, 1.165) is 43.7 Å². The molecule has 0 saturated heterocycles. The van der Waals surface area contributed by atoms with Gasteiger partial charge in [-0.2, -0.15) is 0 Å². The van der Waals surface area contributed by atoms with Crippen LogP contribution in [-0.4, -0.2) is 31.8 Å². The van der Waals surface area contributed by atoms with Crippen LogP contribution in [0.15, 0.2) is 59.7 Å². The van der Waals surface area contributed by atoms with Crippen LogP contribution in [-0.2, 0) is 14.6 Å². The maximum Gasteiger partial charge on any atom is 0.331 e. The molecule has 0 aromatic heterocycles. The second-order valence-electron chi connectivity index (χ2n) is 8.15. The van der Waals surface area contributed by atoms with Crippen LogP contribution in [0.5, 0.6) is 5.75 Å². The van der Waals surface area contributed by atoms with Gasteiger partial charge < -0.3 is 14.7 Å². The maximum absolute atomic E-state index is 13.6. The first-order valence-electron chi connectivity index (χ1n) is 10.7. The molecule has 32 heavy (non-hydrogen) atoms. The van der Waals surface area contributed by atoms with Crippen molar-refractivity contribution in [3.8, 4) is 5.75 Å². The second kappa shape index (κ2) is 9.96. The molecule has 6 nitrogen and oxygen atoms in total. The van der Waals surface area contributed by atoms with E-state index in [1.54, 1.807) is 6.07 Å². The third kappa shape index (κ3) is 5.27. The van der Waals surface area contributed by atoms with Crippen LogP contribution in [0.1, 0.15) is 39.5 Å². The number of aliphatic carboxylic acids is 1. The Morgan fingerprint density at radius 2 is 1.97 bits per heavy atom. The summed E-state index contributed by atoms with van der Waals surface area (Å²) in [5.41, 5.74) is 0.971. The summed E-state index contributed by atoms with van der Waals surface area (Å²) in [5, 5.41) is 8.99. The standard InChI is InChI=1S/C24H28ClNO5S/c1-3-5-12-24(4-2)16-26(18-9-7-6-8-10-18)20-14-19(25)21(31-13-11-23(27)28)15-22(20)32(29,30)17-24/h6-11,13-15H,3-5,12,16-17H2,1-2H3,(H,27,28)/b13-11+/t24-/m0/s1. The fourth-order valence-electron chi connectivity index (χ4n) is 4.12. The van der Waals surface area contributed by atoms with Crippen molar-refractivity contribution in [2.75, 3.05) is 17.2 Å². The van der Waals surface area contributed by atoms with E-state index in [-0.39, 0.29) is 21.4 Å². The SMILES string of the molecule is CCCC[C@@]1(CC)CN(c2ccccc2)c2cc(Cl)c(O/C=C/C(=O)O)cc2S(=O)(=O)C1. The Morgan fingerprint density at radius 1 is 1.25 bits per heavy atom. The van der Waals surface area contributed by atoms with Gasteiger partial charge in [-0.1, -0.05) is 56.5 Å². The number of unbranched alkanes of at least 4 members (excludes halogenated alkanes) is 1. The summed E-state index contributed by atoms with van der Waals surface area (Å²) in [7, 11) is -3.67. The predicted molar refractivity (Wildman–Crippen MR) is 127 cm³/mol. The van der Waals surface area contributed by atoms with Crippen molar-refractivity contribution in [3.63, 3.8) is 0 Å². The number of ether oxygens (including phenoxy) is 1. The minimum atomic E-state index is -3.67. The number of rotatable bonds is 8. The van der Waals surface area contributed by atoms with Gasteiger partial charge in [-0.05, 0) is 31.0 Å². The highest BCUT2D eigenvalue weighted by Gasteiger charge is 2.41. The van der Waals surface area contributed by atoms with Crippen LogP contribution in [0.3, 0.4) is 0 Å². The summed E-state index contributed by atoms with van der Waals surface area (Å²) in [6.45, 7) is 4.70. The fraction of sp³-hybridized carbons (Fsp3) is 0.375. The molecule has 0 spiro atoms. The highest BCUT2D eigenvalue weighted by atomic mass is 35.5. The number of sulfone groups is 1. The van der Waals surface area contributed by atoms with E-state index >= 15 is 0 Å². The molecule has 3 rings (SSSR count). The first-order chi connectivity index (χ1) is 15.2. The van der Waals surface area contributed by atoms with E-state index in [1.165, 1.54) is 6.07 Å². The molecular weight excluding hydrogens is 450 g/mol. The lowest BCUT2D eigenvalue weighted by atomic mass is 9.81. The first kappa shape index (κ1) is 24.1. The summed E-state index contributed by atoms with van der Waals surface area (Å²) in [4.78, 5) is 12.9. The van der Waals surface area contributed by atoms with E-state index in [4.69, 9.17) is 21.4 Å². The van der Waals surface area contributed by atoms with Crippen LogP contribution in [0, 0.1) is 5.41 Å². The number of carboxylic acid groups (broad SMARTS) is 1. The normalized spacial score (nSPS) is 20.0. The van der Waals surface area contributed by atoms with Crippen molar-refractivity contribution in [2.24, 2.45) is 5.41 Å². The zero-order valence-corrected chi connectivity index (χ0v) is 19.8. The lowest BCUT2D eigenvalue weighted by molar-refractivity contribution is -0.131. The maximum atomic E-state index is 13.6. The van der Waals surface area contributed by atoms with Crippen molar-refractivity contribution in [3.05, 3.63) is 59.8 Å². The van der Waals surface area contributed by atoms with Crippen molar-refractivity contribution >= 4 is 38.8 Å². The van der Waals surface area contributed by atoms with E-state index in [2.05, 4.69) is 6.92 Å². The number of hydrogen-bond acceptors (Lipinski definition) is 5. The van der Waals surface area contributed by atoms with Gasteiger partial charge in [-0.15, -0.1) is 0 Å². The Labute approximate surface area is 194 Å². The summed E-state index contributed by atoms with van der Waals surface area (Å²) in [6, 6.07) is 12.7. The Bertz CT molecular complexity index is 1100. The lowest BCUT2D eigenvalue weighted by Gasteiger charge is -2.36. The quantitative estimate of drug-likeness (QED) is 0.380. The minimum absolute atomic E-state index is 0.0267. The van der Waals surface area contributed by atoms with E-state index < -0.39 is 21.2 Å². The van der Waals surface area contributed by atoms with Gasteiger partial charge >= 0.3 is 5.97 Å². The Kier molecular flexibility index (Phi) is 7.51. The number of para-hydroxylation sites is 1. The highest BCUT2D eigenvalue weighted by Crippen LogP contribution is 2.46. The number of carboxylic acids is 1. The minimum Gasteiger partial charge on any atom is -0.478 e. The Hall–Kier alpha value is -2.51. The molecular formula is C24H28ClNO5S. The number of benzene rings is 2. The molecule has 0 radical (unpaired) electrons. The zero-order chi connectivity index (χ0) is 23.4.